The summed E-state index contributed by atoms with van der Waals surface area (Å²) in [6.45, 7) is 1.82. The quantitative estimate of drug-likeness (QED) is 0.649. The van der Waals surface area contributed by atoms with E-state index in [1.165, 1.54) is 6.07 Å². The van der Waals surface area contributed by atoms with Crippen LogP contribution in [0.5, 0.6) is 0 Å². The predicted molar refractivity (Wildman–Crippen MR) is 72.2 cm³/mol. The van der Waals surface area contributed by atoms with Crippen molar-refractivity contribution in [1.29, 1.82) is 0 Å². The Bertz CT molecular complexity index is 496. The van der Waals surface area contributed by atoms with Crippen LogP contribution in [0.4, 0.5) is 16.2 Å². The Labute approximate surface area is 111 Å². The minimum absolute atomic E-state index is 0.0906. The molecule has 6 heteroatoms. The highest BCUT2D eigenvalue weighted by Gasteiger charge is 2.19. The summed E-state index contributed by atoms with van der Waals surface area (Å²) in [5.41, 5.74) is 1.01. The number of carbonyl (C=O) groups is 1. The smallest absolute Gasteiger partial charge is 0.319 e. The fourth-order valence-electron chi connectivity index (χ4n) is 2.32. The molecule has 0 atom stereocenters. The predicted octanol–water partition coefficient (Wildman–Crippen LogP) is 2.97. The minimum atomic E-state index is -0.495. The fraction of sp³-hybridized carbons (Fsp3) is 0.462. The summed E-state index contributed by atoms with van der Waals surface area (Å²) in [6.07, 6.45) is 4.19. The summed E-state index contributed by atoms with van der Waals surface area (Å²) in [6, 6.07) is 4.47. The maximum atomic E-state index is 11.8. The van der Waals surface area contributed by atoms with Crippen LogP contribution in [0.2, 0.25) is 0 Å². The molecular weight excluding hydrogens is 246 g/mol. The van der Waals surface area contributed by atoms with E-state index in [0.717, 1.165) is 31.2 Å². The number of carbonyl (C=O) groups excluding carboxylic acids is 1. The Morgan fingerprint density at radius 2 is 2.05 bits per heavy atom. The highest BCUT2D eigenvalue weighted by Crippen LogP contribution is 2.25. The van der Waals surface area contributed by atoms with Gasteiger partial charge in [0, 0.05) is 12.1 Å². The van der Waals surface area contributed by atoms with Crippen molar-refractivity contribution in [2.75, 3.05) is 5.32 Å². The van der Waals surface area contributed by atoms with Crippen molar-refractivity contribution in [3.05, 3.63) is 33.9 Å². The van der Waals surface area contributed by atoms with Crippen LogP contribution in [-0.4, -0.2) is 17.0 Å². The van der Waals surface area contributed by atoms with Gasteiger partial charge in [0.25, 0.3) is 5.69 Å². The van der Waals surface area contributed by atoms with Crippen molar-refractivity contribution in [2.24, 2.45) is 0 Å². The Morgan fingerprint density at radius 3 is 2.68 bits per heavy atom. The van der Waals surface area contributed by atoms with Crippen molar-refractivity contribution in [1.82, 2.24) is 5.32 Å². The normalized spacial score (nSPS) is 15.2. The van der Waals surface area contributed by atoms with Crippen LogP contribution in [0.15, 0.2) is 18.2 Å². The van der Waals surface area contributed by atoms with Crippen molar-refractivity contribution in [3.63, 3.8) is 0 Å². The molecule has 0 radical (unpaired) electrons. The molecular formula is C13H17N3O3. The topological polar surface area (TPSA) is 84.3 Å². The molecule has 0 aliphatic heterocycles. The van der Waals surface area contributed by atoms with Gasteiger partial charge >= 0.3 is 6.03 Å². The number of benzene rings is 1. The SMILES string of the molecule is Cc1ccc([N+](=O)[O-])c(NC(=O)NC2CCCC2)c1. The lowest BCUT2D eigenvalue weighted by atomic mass is 10.2. The van der Waals surface area contributed by atoms with Crippen molar-refractivity contribution in [3.8, 4) is 0 Å². The minimum Gasteiger partial charge on any atom is -0.335 e. The van der Waals surface area contributed by atoms with Gasteiger partial charge in [-0.2, -0.15) is 0 Å². The highest BCUT2D eigenvalue weighted by molar-refractivity contribution is 5.92. The molecule has 0 spiro atoms. The third-order valence-corrected chi connectivity index (χ3v) is 3.29. The third-order valence-electron chi connectivity index (χ3n) is 3.29. The number of hydrogen-bond donors (Lipinski definition) is 2. The second kappa shape index (κ2) is 5.69. The van der Waals surface area contributed by atoms with Gasteiger partial charge in [-0.15, -0.1) is 0 Å². The van der Waals surface area contributed by atoms with Gasteiger partial charge < -0.3 is 10.6 Å². The maximum Gasteiger partial charge on any atom is 0.319 e. The Morgan fingerprint density at radius 1 is 1.37 bits per heavy atom. The largest absolute Gasteiger partial charge is 0.335 e. The fourth-order valence-corrected chi connectivity index (χ4v) is 2.32. The molecule has 6 nitrogen and oxygen atoms in total. The van der Waals surface area contributed by atoms with Crippen LogP contribution in [0.1, 0.15) is 31.2 Å². The van der Waals surface area contributed by atoms with E-state index >= 15 is 0 Å². The van der Waals surface area contributed by atoms with Crippen LogP contribution in [0.3, 0.4) is 0 Å². The third kappa shape index (κ3) is 3.43. The number of aryl methyl sites for hydroxylation is 1. The Hall–Kier alpha value is -2.11. The zero-order valence-electron chi connectivity index (χ0n) is 10.8. The van der Waals surface area contributed by atoms with Crippen LogP contribution >= 0.6 is 0 Å². The molecule has 0 aromatic heterocycles. The number of hydrogen-bond acceptors (Lipinski definition) is 3. The lowest BCUT2D eigenvalue weighted by Gasteiger charge is -2.13. The molecule has 1 aliphatic rings. The van der Waals surface area contributed by atoms with Gasteiger partial charge in [-0.05, 0) is 31.4 Å². The lowest BCUT2D eigenvalue weighted by molar-refractivity contribution is -0.383. The van der Waals surface area contributed by atoms with Crippen LogP contribution in [0.25, 0.3) is 0 Å². The molecule has 2 N–H and O–H groups in total. The van der Waals surface area contributed by atoms with Gasteiger partial charge in [0.05, 0.1) is 4.92 Å². The first kappa shape index (κ1) is 13.3. The molecule has 0 heterocycles. The molecule has 19 heavy (non-hydrogen) atoms. The van der Waals surface area contributed by atoms with Gasteiger partial charge in [0.2, 0.25) is 0 Å². The van der Waals surface area contributed by atoms with Crippen LogP contribution in [0, 0.1) is 17.0 Å². The summed E-state index contributed by atoms with van der Waals surface area (Å²) in [5, 5.41) is 16.3. The average molecular weight is 263 g/mol. The van der Waals surface area contributed by atoms with Gasteiger partial charge in [-0.3, -0.25) is 10.1 Å². The van der Waals surface area contributed by atoms with Crippen molar-refractivity contribution in [2.45, 2.75) is 38.6 Å². The maximum absolute atomic E-state index is 11.8. The van der Waals surface area contributed by atoms with E-state index in [1.807, 2.05) is 6.92 Å². The number of nitrogens with zero attached hydrogens (tertiary/aromatic N) is 1. The first-order chi connectivity index (χ1) is 9.06. The molecule has 1 fully saturated rings. The Kier molecular flexibility index (Phi) is 3.99. The van der Waals surface area contributed by atoms with E-state index < -0.39 is 4.92 Å². The molecule has 0 unspecified atom stereocenters. The van der Waals surface area contributed by atoms with E-state index in [4.69, 9.17) is 0 Å². The van der Waals surface area contributed by atoms with Gasteiger partial charge in [0.1, 0.15) is 5.69 Å². The number of anilines is 1. The van der Waals surface area contributed by atoms with Crippen LogP contribution in [-0.2, 0) is 0 Å². The van der Waals surface area contributed by atoms with E-state index in [0.29, 0.717) is 0 Å². The van der Waals surface area contributed by atoms with Crippen LogP contribution < -0.4 is 10.6 Å². The molecule has 0 saturated heterocycles. The second-order valence-corrected chi connectivity index (χ2v) is 4.86. The van der Waals surface area contributed by atoms with E-state index in [9.17, 15) is 14.9 Å². The second-order valence-electron chi connectivity index (χ2n) is 4.86. The first-order valence-corrected chi connectivity index (χ1v) is 6.39. The number of nitro benzene ring substituents is 1. The Balaban J connectivity index is 2.06. The summed E-state index contributed by atoms with van der Waals surface area (Å²) >= 11 is 0. The number of rotatable bonds is 3. The van der Waals surface area contributed by atoms with E-state index in [1.54, 1.807) is 12.1 Å². The van der Waals surface area contributed by atoms with E-state index in [-0.39, 0.29) is 23.4 Å². The average Bonchev–Trinajstić information content (AvgIpc) is 2.81. The van der Waals surface area contributed by atoms with E-state index in [2.05, 4.69) is 10.6 Å². The molecule has 102 valence electrons. The molecule has 1 saturated carbocycles. The number of amides is 2. The molecule has 2 rings (SSSR count). The van der Waals surface area contributed by atoms with Crippen molar-refractivity contribution < 1.29 is 9.72 Å². The summed E-state index contributed by atoms with van der Waals surface area (Å²) in [7, 11) is 0. The standard InChI is InChI=1S/C13H17N3O3/c1-9-6-7-12(16(18)19)11(8-9)15-13(17)14-10-4-2-3-5-10/h6-8,10H,2-5H2,1H3,(H2,14,15,17). The number of nitro groups is 1. The molecule has 0 bridgehead atoms. The zero-order valence-corrected chi connectivity index (χ0v) is 10.8. The number of urea groups is 1. The highest BCUT2D eigenvalue weighted by atomic mass is 16.6. The number of nitrogens with one attached hydrogen (secondary N) is 2. The van der Waals surface area contributed by atoms with Gasteiger partial charge in [0.15, 0.2) is 0 Å². The molecule has 1 aromatic rings. The summed E-state index contributed by atoms with van der Waals surface area (Å²) in [4.78, 5) is 22.2. The lowest BCUT2D eigenvalue weighted by Crippen LogP contribution is -2.36. The van der Waals surface area contributed by atoms with Gasteiger partial charge in [-0.25, -0.2) is 4.79 Å². The molecule has 1 aliphatic carbocycles. The zero-order chi connectivity index (χ0) is 13.8. The van der Waals surface area contributed by atoms with Crippen molar-refractivity contribution >= 4 is 17.4 Å². The monoisotopic (exact) mass is 263 g/mol. The molecule has 1 aromatic carbocycles. The van der Waals surface area contributed by atoms with Gasteiger partial charge in [-0.1, -0.05) is 18.9 Å². The first-order valence-electron chi connectivity index (χ1n) is 6.39. The molecule has 2 amide bonds. The summed E-state index contributed by atoms with van der Waals surface area (Å²) in [5.74, 6) is 0. The summed E-state index contributed by atoms with van der Waals surface area (Å²) < 4.78 is 0.